The molecule has 1 aromatic rings. The first kappa shape index (κ1) is 11.1. The first-order valence-corrected chi connectivity index (χ1v) is 4.80. The molecule has 5 nitrogen and oxygen atoms in total. The van der Waals surface area contributed by atoms with E-state index in [4.69, 9.17) is 5.73 Å². The molecule has 0 fully saturated rings. The third-order valence-corrected chi connectivity index (χ3v) is 2.16. The molecule has 5 heteroatoms. The molecule has 14 heavy (non-hydrogen) atoms. The summed E-state index contributed by atoms with van der Waals surface area (Å²) < 4.78 is 1.55. The second-order valence-electron chi connectivity index (χ2n) is 3.98. The van der Waals surface area contributed by atoms with Gasteiger partial charge in [0, 0.05) is 13.1 Å². The second kappa shape index (κ2) is 4.52. The van der Waals surface area contributed by atoms with Gasteiger partial charge in [-0.1, -0.05) is 13.8 Å². The third kappa shape index (κ3) is 2.52. The molecule has 80 valence electrons. The minimum Gasteiger partial charge on any atom is -0.383 e. The quantitative estimate of drug-likeness (QED) is 0.725. The Bertz CT molecular complexity index is 284. The Morgan fingerprint density at radius 1 is 1.57 bits per heavy atom. The monoisotopic (exact) mass is 198 g/mol. The molecule has 3 N–H and O–H groups in total. The van der Waals surface area contributed by atoms with Crippen LogP contribution >= 0.6 is 0 Å². The number of hydrogen-bond donors (Lipinski definition) is 2. The fraction of sp³-hybridized carbons (Fsp3) is 0.778. The number of aliphatic hydroxyl groups is 1. The number of aliphatic hydroxyl groups excluding tert-OH is 1. The summed E-state index contributed by atoms with van der Waals surface area (Å²) in [6.07, 6.45) is 1.46. The molecule has 1 rings (SSSR count). The largest absolute Gasteiger partial charge is 0.383 e. The van der Waals surface area contributed by atoms with E-state index in [0.717, 1.165) is 6.42 Å². The predicted molar refractivity (Wildman–Crippen MR) is 53.4 cm³/mol. The Balaban J connectivity index is 2.65. The second-order valence-corrected chi connectivity index (χ2v) is 3.98. The van der Waals surface area contributed by atoms with Crippen molar-refractivity contribution >= 4 is 0 Å². The molecule has 0 saturated carbocycles. The highest BCUT2D eigenvalue weighted by molar-refractivity contribution is 4.94. The van der Waals surface area contributed by atoms with Gasteiger partial charge in [0.1, 0.15) is 12.4 Å². The number of nitrogens with two attached hydrogens (primary N) is 1. The molecule has 0 radical (unpaired) electrons. The molecule has 1 heterocycles. The van der Waals surface area contributed by atoms with Crippen LogP contribution < -0.4 is 5.73 Å². The SMILES string of the molecule is CC(C)C[C@@H](N)[C@H](O)c1ncnn1C. The van der Waals surface area contributed by atoms with E-state index in [1.165, 1.54) is 6.33 Å². The standard InChI is InChI=1S/C9H18N4O/c1-6(2)4-7(10)8(14)9-11-5-12-13(9)3/h5-8,14H,4,10H2,1-3H3/t7-,8+/m1/s1. The number of nitrogens with zero attached hydrogens (tertiary/aromatic N) is 3. The molecular weight excluding hydrogens is 180 g/mol. The van der Waals surface area contributed by atoms with Gasteiger partial charge in [-0.25, -0.2) is 4.98 Å². The molecule has 0 aliphatic heterocycles. The zero-order chi connectivity index (χ0) is 10.7. The van der Waals surface area contributed by atoms with Gasteiger partial charge in [-0.05, 0) is 12.3 Å². The van der Waals surface area contributed by atoms with Gasteiger partial charge in [0.05, 0.1) is 0 Å². The molecule has 0 aliphatic rings. The van der Waals surface area contributed by atoms with Crippen molar-refractivity contribution < 1.29 is 5.11 Å². The number of hydrogen-bond acceptors (Lipinski definition) is 4. The average Bonchev–Trinajstić information content (AvgIpc) is 2.48. The highest BCUT2D eigenvalue weighted by atomic mass is 16.3. The third-order valence-electron chi connectivity index (χ3n) is 2.16. The summed E-state index contributed by atoms with van der Waals surface area (Å²) in [5.74, 6) is 0.992. The van der Waals surface area contributed by atoms with Gasteiger partial charge in [0.2, 0.25) is 0 Å². The van der Waals surface area contributed by atoms with E-state index >= 15 is 0 Å². The predicted octanol–water partition coefficient (Wildman–Crippen LogP) is 0.222. The van der Waals surface area contributed by atoms with Gasteiger partial charge < -0.3 is 10.8 Å². The van der Waals surface area contributed by atoms with E-state index in [1.807, 2.05) is 0 Å². The van der Waals surface area contributed by atoms with E-state index in [0.29, 0.717) is 11.7 Å². The average molecular weight is 198 g/mol. The van der Waals surface area contributed by atoms with Crippen molar-refractivity contribution in [1.29, 1.82) is 0 Å². The van der Waals surface area contributed by atoms with Crippen LogP contribution in [0.25, 0.3) is 0 Å². The zero-order valence-corrected chi connectivity index (χ0v) is 8.88. The van der Waals surface area contributed by atoms with Gasteiger partial charge >= 0.3 is 0 Å². The summed E-state index contributed by atoms with van der Waals surface area (Å²) >= 11 is 0. The minimum absolute atomic E-state index is 0.280. The van der Waals surface area contributed by atoms with E-state index in [9.17, 15) is 5.11 Å². The van der Waals surface area contributed by atoms with Crippen molar-refractivity contribution in [2.75, 3.05) is 0 Å². The molecule has 0 aromatic carbocycles. The molecule has 2 atom stereocenters. The topological polar surface area (TPSA) is 77.0 Å². The van der Waals surface area contributed by atoms with Crippen molar-refractivity contribution in [2.24, 2.45) is 18.7 Å². The first-order chi connectivity index (χ1) is 6.52. The molecule has 0 unspecified atom stereocenters. The number of rotatable bonds is 4. The van der Waals surface area contributed by atoms with Crippen molar-refractivity contribution in [3.05, 3.63) is 12.2 Å². The minimum atomic E-state index is -0.732. The lowest BCUT2D eigenvalue weighted by Crippen LogP contribution is -2.31. The van der Waals surface area contributed by atoms with Crippen LogP contribution in [0.3, 0.4) is 0 Å². The van der Waals surface area contributed by atoms with Crippen molar-refractivity contribution in [3.63, 3.8) is 0 Å². The Kier molecular flexibility index (Phi) is 3.60. The van der Waals surface area contributed by atoms with Crippen LogP contribution in [0.2, 0.25) is 0 Å². The summed E-state index contributed by atoms with van der Waals surface area (Å²) in [5, 5.41) is 13.7. The Morgan fingerprint density at radius 3 is 2.64 bits per heavy atom. The molecule has 0 saturated heterocycles. The van der Waals surface area contributed by atoms with E-state index in [-0.39, 0.29) is 6.04 Å². The maximum absolute atomic E-state index is 9.86. The highest BCUT2D eigenvalue weighted by Crippen LogP contribution is 2.17. The summed E-state index contributed by atoms with van der Waals surface area (Å²) in [4.78, 5) is 3.97. The van der Waals surface area contributed by atoms with Crippen LogP contribution in [0.15, 0.2) is 6.33 Å². The lowest BCUT2D eigenvalue weighted by molar-refractivity contribution is 0.123. The Hall–Kier alpha value is -0.940. The van der Waals surface area contributed by atoms with Crippen molar-refractivity contribution in [2.45, 2.75) is 32.4 Å². The van der Waals surface area contributed by atoms with Gasteiger partial charge in [0.25, 0.3) is 0 Å². The summed E-state index contributed by atoms with van der Waals surface area (Å²) in [7, 11) is 1.74. The lowest BCUT2D eigenvalue weighted by atomic mass is 10.00. The summed E-state index contributed by atoms with van der Waals surface area (Å²) in [6, 6.07) is -0.280. The highest BCUT2D eigenvalue weighted by Gasteiger charge is 2.21. The number of aromatic nitrogens is 3. The molecular formula is C9H18N4O. The smallest absolute Gasteiger partial charge is 0.157 e. The van der Waals surface area contributed by atoms with Crippen LogP contribution in [-0.4, -0.2) is 25.9 Å². The van der Waals surface area contributed by atoms with Crippen LogP contribution in [-0.2, 0) is 7.05 Å². The fourth-order valence-corrected chi connectivity index (χ4v) is 1.44. The van der Waals surface area contributed by atoms with E-state index < -0.39 is 6.10 Å². The maximum Gasteiger partial charge on any atom is 0.157 e. The first-order valence-electron chi connectivity index (χ1n) is 4.80. The van der Waals surface area contributed by atoms with Crippen LogP contribution in [0, 0.1) is 5.92 Å². The van der Waals surface area contributed by atoms with Crippen LogP contribution in [0.4, 0.5) is 0 Å². The fourth-order valence-electron chi connectivity index (χ4n) is 1.44. The summed E-state index contributed by atoms with van der Waals surface area (Å²) in [6.45, 7) is 4.15. The summed E-state index contributed by atoms with van der Waals surface area (Å²) in [5.41, 5.74) is 5.85. The zero-order valence-electron chi connectivity index (χ0n) is 8.88. The van der Waals surface area contributed by atoms with Crippen molar-refractivity contribution in [3.8, 4) is 0 Å². The maximum atomic E-state index is 9.86. The normalized spacial score (nSPS) is 15.9. The van der Waals surface area contributed by atoms with Gasteiger partial charge in [-0.2, -0.15) is 5.10 Å². The molecule has 1 aromatic heterocycles. The van der Waals surface area contributed by atoms with Crippen molar-refractivity contribution in [1.82, 2.24) is 14.8 Å². The molecule has 0 spiro atoms. The van der Waals surface area contributed by atoms with Crippen LogP contribution in [0.1, 0.15) is 32.2 Å². The Morgan fingerprint density at radius 2 is 2.21 bits per heavy atom. The molecule has 0 aliphatic carbocycles. The lowest BCUT2D eigenvalue weighted by Gasteiger charge is -2.19. The van der Waals surface area contributed by atoms with Crippen LogP contribution in [0.5, 0.6) is 0 Å². The molecule has 0 bridgehead atoms. The van der Waals surface area contributed by atoms with E-state index in [1.54, 1.807) is 11.7 Å². The van der Waals surface area contributed by atoms with Gasteiger partial charge in [-0.15, -0.1) is 0 Å². The van der Waals surface area contributed by atoms with Gasteiger partial charge in [0.15, 0.2) is 5.82 Å². The van der Waals surface area contributed by atoms with Gasteiger partial charge in [-0.3, -0.25) is 4.68 Å². The van der Waals surface area contributed by atoms with E-state index in [2.05, 4.69) is 23.9 Å². The molecule has 0 amide bonds. The Labute approximate surface area is 83.9 Å². The number of aryl methyl sites for hydroxylation is 1.